The van der Waals surface area contributed by atoms with E-state index in [-0.39, 0.29) is 33.4 Å². The third-order valence-corrected chi connectivity index (χ3v) is 6.23. The van der Waals surface area contributed by atoms with E-state index in [2.05, 4.69) is 14.1 Å². The molecule has 0 aliphatic carbocycles. The van der Waals surface area contributed by atoms with Crippen LogP contribution in [0.25, 0.3) is 0 Å². The van der Waals surface area contributed by atoms with Crippen LogP contribution in [0.1, 0.15) is 19.8 Å². The molecule has 0 saturated carbocycles. The Balaban J connectivity index is 2.45. The van der Waals surface area contributed by atoms with Crippen molar-refractivity contribution in [3.63, 3.8) is 0 Å². The monoisotopic (exact) mass is 313 g/mol. The van der Waals surface area contributed by atoms with Crippen molar-refractivity contribution in [1.29, 1.82) is 0 Å². The number of hydrogen-bond acceptors (Lipinski definition) is 2. The predicted octanol–water partition coefficient (Wildman–Crippen LogP) is -1.96. The van der Waals surface area contributed by atoms with Gasteiger partial charge in [0.15, 0.2) is 0 Å². The number of alkyl halides is 1. The minimum absolute atomic E-state index is 0.0362. The van der Waals surface area contributed by atoms with Gasteiger partial charge in [-0.05, 0) is 0 Å². The van der Waals surface area contributed by atoms with Gasteiger partial charge in [-0.1, -0.05) is 0 Å². The summed E-state index contributed by atoms with van der Waals surface area (Å²) in [6.45, 7) is 3.62. The molecule has 3 nitrogen and oxygen atoms in total. The van der Waals surface area contributed by atoms with Gasteiger partial charge >= 0.3 is 97.0 Å². The zero-order valence-corrected chi connectivity index (χ0v) is 11.4. The molecule has 1 aliphatic rings. The van der Waals surface area contributed by atoms with Gasteiger partial charge in [-0.3, -0.25) is 0 Å². The van der Waals surface area contributed by atoms with Crippen molar-refractivity contribution in [1.82, 2.24) is 0 Å². The molecule has 0 aromatic carbocycles. The zero-order chi connectivity index (χ0) is 10.6. The first-order valence-electron chi connectivity index (χ1n) is 5.16. The maximum atomic E-state index is 11.6. The van der Waals surface area contributed by atoms with E-state index >= 15 is 0 Å². The van der Waals surface area contributed by atoms with Gasteiger partial charge in [0.2, 0.25) is 0 Å². The molecule has 1 atom stereocenters. The number of quaternary nitrogens is 1. The van der Waals surface area contributed by atoms with Crippen LogP contribution in [0.15, 0.2) is 0 Å². The number of ether oxygens (including phenoxy) is 1. The second kappa shape index (κ2) is 5.30. The van der Waals surface area contributed by atoms with Gasteiger partial charge in [-0.25, -0.2) is 0 Å². The standard InChI is InChI=1S/C10H20INO2/c1-4-14-10(13)9-6-5-7-12(2,3)11-8-9/h9H,4-8H2,1-3H3. The summed E-state index contributed by atoms with van der Waals surface area (Å²) in [4.78, 5) is 11.6. The van der Waals surface area contributed by atoms with E-state index in [1.807, 2.05) is 6.92 Å². The Morgan fingerprint density at radius 2 is 2.29 bits per heavy atom. The van der Waals surface area contributed by atoms with Crippen molar-refractivity contribution >= 4 is 5.97 Å². The molecule has 14 heavy (non-hydrogen) atoms. The van der Waals surface area contributed by atoms with Crippen molar-refractivity contribution in [2.75, 3.05) is 31.7 Å². The molecule has 0 amide bonds. The molecule has 0 aromatic rings. The molecule has 0 N–H and O–H groups in total. The Kier molecular flexibility index (Phi) is 4.63. The summed E-state index contributed by atoms with van der Waals surface area (Å²) in [6, 6.07) is 0. The van der Waals surface area contributed by atoms with Crippen LogP contribution < -0.4 is 21.5 Å². The van der Waals surface area contributed by atoms with E-state index in [0.717, 1.165) is 20.0 Å². The zero-order valence-electron chi connectivity index (χ0n) is 9.25. The number of nitrogens with zero attached hydrogens (tertiary/aromatic N) is 1. The summed E-state index contributed by atoms with van der Waals surface area (Å²) in [5, 5.41) is 0. The van der Waals surface area contributed by atoms with Gasteiger partial charge in [0.1, 0.15) is 0 Å². The van der Waals surface area contributed by atoms with Crippen LogP contribution in [0, 0.1) is 5.92 Å². The second-order valence-electron chi connectivity index (χ2n) is 4.13. The molecule has 0 spiro atoms. The quantitative estimate of drug-likeness (QED) is 0.256. The first-order valence-corrected chi connectivity index (χ1v) is 7.65. The molecule has 1 rings (SSSR count). The van der Waals surface area contributed by atoms with Crippen molar-refractivity contribution in [2.24, 2.45) is 5.92 Å². The summed E-state index contributed by atoms with van der Waals surface area (Å²) < 4.78 is 7.31. The van der Waals surface area contributed by atoms with Crippen LogP contribution in [0.4, 0.5) is 0 Å². The molecular formula is C10H20INO2. The average molecular weight is 313 g/mol. The van der Waals surface area contributed by atoms with E-state index < -0.39 is 0 Å². The summed E-state index contributed by atoms with van der Waals surface area (Å²) in [7, 11) is 4.56. The van der Waals surface area contributed by atoms with Gasteiger partial charge in [0.05, 0.1) is 0 Å². The molecule has 84 valence electrons. The number of esters is 1. The van der Waals surface area contributed by atoms with Crippen LogP contribution in [-0.4, -0.2) is 40.3 Å². The van der Waals surface area contributed by atoms with E-state index in [0.29, 0.717) is 6.61 Å². The third kappa shape index (κ3) is 3.73. The maximum absolute atomic E-state index is 11.6. The van der Waals surface area contributed by atoms with Crippen molar-refractivity contribution < 1.29 is 33.7 Å². The summed E-state index contributed by atoms with van der Waals surface area (Å²) in [5.41, 5.74) is 0. The number of carbonyl (C=O) groups is 1. The normalized spacial score (nSPS) is 27.2. The molecule has 0 radical (unpaired) electrons. The Hall–Kier alpha value is 0.160. The molecule has 1 aliphatic heterocycles. The SMILES string of the molecule is CCOC(=O)C1CCC[N+](C)(C)[I-]C1. The van der Waals surface area contributed by atoms with Crippen molar-refractivity contribution in [3.8, 4) is 0 Å². The van der Waals surface area contributed by atoms with Gasteiger partial charge < -0.3 is 0 Å². The summed E-state index contributed by atoms with van der Waals surface area (Å²) in [5.74, 6) is 0.233. The Morgan fingerprint density at radius 3 is 2.93 bits per heavy atom. The molecule has 0 bridgehead atoms. The van der Waals surface area contributed by atoms with Crippen molar-refractivity contribution in [2.45, 2.75) is 19.8 Å². The topological polar surface area (TPSA) is 26.3 Å². The molecule has 0 aromatic heterocycles. The first-order chi connectivity index (χ1) is 6.55. The van der Waals surface area contributed by atoms with E-state index in [1.165, 1.54) is 6.54 Å². The predicted molar refractivity (Wildman–Crippen MR) is 51.2 cm³/mol. The van der Waals surface area contributed by atoms with Gasteiger partial charge in [-0.15, -0.1) is 0 Å². The van der Waals surface area contributed by atoms with E-state index in [4.69, 9.17) is 4.74 Å². The van der Waals surface area contributed by atoms with Crippen LogP contribution in [0.5, 0.6) is 0 Å². The fourth-order valence-electron chi connectivity index (χ4n) is 1.56. The first kappa shape index (κ1) is 12.2. The van der Waals surface area contributed by atoms with Crippen LogP contribution in [0.3, 0.4) is 0 Å². The Labute approximate surface area is 97.0 Å². The van der Waals surface area contributed by atoms with Crippen LogP contribution >= 0.6 is 0 Å². The van der Waals surface area contributed by atoms with E-state index in [1.54, 1.807) is 0 Å². The third-order valence-electron chi connectivity index (χ3n) is 2.44. The van der Waals surface area contributed by atoms with Crippen molar-refractivity contribution in [3.05, 3.63) is 0 Å². The number of rotatable bonds is 2. The number of halogens is 1. The average Bonchev–Trinajstić information content (AvgIpc) is 2.27. The molecule has 1 heterocycles. The van der Waals surface area contributed by atoms with Gasteiger partial charge in [-0.2, -0.15) is 0 Å². The minimum atomic E-state index is 0.0362. The Bertz CT molecular complexity index is 206. The number of hydrogen-bond donors (Lipinski definition) is 0. The Morgan fingerprint density at radius 1 is 1.57 bits per heavy atom. The molecule has 1 unspecified atom stereocenters. The molecule has 1 fully saturated rings. The fraction of sp³-hybridized carbons (Fsp3) is 0.900. The molecular weight excluding hydrogens is 293 g/mol. The molecule has 4 heteroatoms. The number of carbonyl (C=O) groups excluding carboxylic acids is 1. The second-order valence-corrected chi connectivity index (χ2v) is 8.30. The fourth-order valence-corrected chi connectivity index (χ4v) is 4.59. The van der Waals surface area contributed by atoms with Gasteiger partial charge in [0, 0.05) is 0 Å². The summed E-state index contributed by atoms with van der Waals surface area (Å²) >= 11 is 0.0923. The molecule has 1 saturated heterocycles. The van der Waals surface area contributed by atoms with Crippen LogP contribution in [-0.2, 0) is 9.53 Å². The van der Waals surface area contributed by atoms with Crippen LogP contribution in [0.2, 0.25) is 0 Å². The van der Waals surface area contributed by atoms with Gasteiger partial charge in [0.25, 0.3) is 0 Å². The van der Waals surface area contributed by atoms with E-state index in [9.17, 15) is 4.79 Å². The summed E-state index contributed by atoms with van der Waals surface area (Å²) in [6.07, 6.45) is 2.19.